The van der Waals surface area contributed by atoms with Gasteiger partial charge >= 0.3 is 0 Å². The molecule has 3 rings (SSSR count). The minimum atomic E-state index is -0.514. The maximum atomic E-state index is 12.7. The van der Waals surface area contributed by atoms with Gasteiger partial charge < -0.3 is 14.4 Å². The van der Waals surface area contributed by atoms with Crippen LogP contribution in [0, 0.1) is 20.2 Å². The van der Waals surface area contributed by atoms with Crippen molar-refractivity contribution in [3.05, 3.63) is 67.8 Å². The van der Waals surface area contributed by atoms with Crippen molar-refractivity contribution >= 4 is 17.3 Å². The Morgan fingerprint density at radius 2 is 1.52 bits per heavy atom. The Morgan fingerprint density at radius 1 is 0.935 bits per heavy atom. The zero-order chi connectivity index (χ0) is 22.5. The Labute approximate surface area is 178 Å². The average molecular weight is 430 g/mol. The van der Waals surface area contributed by atoms with Crippen LogP contribution in [0.15, 0.2) is 36.4 Å². The summed E-state index contributed by atoms with van der Waals surface area (Å²) in [5, 5.41) is 22.3. The predicted octanol–water partition coefficient (Wildman–Crippen LogP) is 2.48. The largest absolute Gasteiger partial charge is 0.493 e. The van der Waals surface area contributed by atoms with Crippen LogP contribution in [0.3, 0.4) is 0 Å². The van der Waals surface area contributed by atoms with E-state index in [9.17, 15) is 25.0 Å². The summed E-state index contributed by atoms with van der Waals surface area (Å²) in [4.78, 5) is 37.6. The van der Waals surface area contributed by atoms with Crippen molar-refractivity contribution in [2.75, 3.05) is 40.4 Å². The quantitative estimate of drug-likeness (QED) is 0.484. The number of nitro groups is 2. The molecule has 0 aromatic heterocycles. The summed E-state index contributed by atoms with van der Waals surface area (Å²) in [5.41, 5.74) is 0.757. The average Bonchev–Trinajstić information content (AvgIpc) is 2.78. The van der Waals surface area contributed by atoms with Gasteiger partial charge in [0.1, 0.15) is 0 Å². The lowest BCUT2D eigenvalue weighted by Crippen LogP contribution is -2.48. The van der Waals surface area contributed by atoms with Crippen LogP contribution in [0.4, 0.5) is 11.4 Å². The molecule has 1 fully saturated rings. The van der Waals surface area contributed by atoms with E-state index < -0.39 is 9.85 Å². The molecule has 0 saturated carbocycles. The highest BCUT2D eigenvalue weighted by atomic mass is 16.6. The van der Waals surface area contributed by atoms with Crippen molar-refractivity contribution in [3.63, 3.8) is 0 Å². The fourth-order valence-corrected chi connectivity index (χ4v) is 3.47. The molecule has 0 spiro atoms. The molecule has 1 amide bonds. The van der Waals surface area contributed by atoms with Crippen LogP contribution in [0.2, 0.25) is 0 Å². The molecule has 0 bridgehead atoms. The smallest absolute Gasteiger partial charge is 0.277 e. The molecule has 0 N–H and O–H groups in total. The highest BCUT2D eigenvalue weighted by molar-refractivity contribution is 5.94. The molecule has 31 heavy (non-hydrogen) atoms. The number of carbonyl (C=O) groups excluding carboxylic acids is 1. The third-order valence-corrected chi connectivity index (χ3v) is 5.16. The van der Waals surface area contributed by atoms with Gasteiger partial charge in [-0.25, -0.2) is 0 Å². The SMILES string of the molecule is COc1cc(CN2CCN(C(=O)c3ccc([N+](=O)[O-])cc3)CC2)c([N+](=O)[O-])cc1OC. The summed E-state index contributed by atoms with van der Waals surface area (Å²) in [7, 11) is 2.89. The second-order valence-electron chi connectivity index (χ2n) is 6.97. The van der Waals surface area contributed by atoms with Gasteiger partial charge in [-0.1, -0.05) is 0 Å². The number of nitro benzene ring substituents is 2. The minimum Gasteiger partial charge on any atom is -0.493 e. The molecule has 0 unspecified atom stereocenters. The topological polar surface area (TPSA) is 128 Å². The Balaban J connectivity index is 1.67. The molecule has 2 aromatic carbocycles. The van der Waals surface area contributed by atoms with Crippen molar-refractivity contribution in [3.8, 4) is 11.5 Å². The van der Waals surface area contributed by atoms with E-state index in [1.807, 2.05) is 4.90 Å². The van der Waals surface area contributed by atoms with Gasteiger partial charge in [0.15, 0.2) is 11.5 Å². The van der Waals surface area contributed by atoms with Gasteiger partial charge in [0.25, 0.3) is 17.3 Å². The number of ether oxygens (including phenoxy) is 2. The first-order valence-corrected chi connectivity index (χ1v) is 9.49. The molecule has 11 nitrogen and oxygen atoms in total. The molecule has 0 radical (unpaired) electrons. The molecule has 164 valence electrons. The Hall–Kier alpha value is -3.73. The van der Waals surface area contributed by atoms with Crippen LogP contribution in [0.1, 0.15) is 15.9 Å². The van der Waals surface area contributed by atoms with Crippen molar-refractivity contribution in [2.24, 2.45) is 0 Å². The van der Waals surface area contributed by atoms with E-state index in [-0.39, 0.29) is 23.0 Å². The van der Waals surface area contributed by atoms with Crippen LogP contribution in [-0.4, -0.2) is 66.0 Å². The third kappa shape index (κ3) is 4.89. The number of amides is 1. The van der Waals surface area contributed by atoms with Crippen molar-refractivity contribution in [2.45, 2.75) is 6.54 Å². The van der Waals surface area contributed by atoms with E-state index in [2.05, 4.69) is 0 Å². The minimum absolute atomic E-state index is 0.0537. The summed E-state index contributed by atoms with van der Waals surface area (Å²) in [5.74, 6) is 0.498. The standard InChI is InChI=1S/C20H22N4O7/c1-30-18-11-15(17(24(28)29)12-19(18)31-2)13-21-7-9-22(10-8-21)20(25)14-3-5-16(6-4-14)23(26)27/h3-6,11-12H,7-10,13H2,1-2H3. The summed E-state index contributed by atoms with van der Waals surface area (Å²) < 4.78 is 10.4. The van der Waals surface area contributed by atoms with Gasteiger partial charge in [0.05, 0.1) is 30.1 Å². The van der Waals surface area contributed by atoms with Gasteiger partial charge in [-0.05, 0) is 18.2 Å². The first-order chi connectivity index (χ1) is 14.8. The van der Waals surface area contributed by atoms with Crippen LogP contribution >= 0.6 is 0 Å². The lowest BCUT2D eigenvalue weighted by atomic mass is 10.1. The summed E-state index contributed by atoms with van der Waals surface area (Å²) in [6.07, 6.45) is 0. The summed E-state index contributed by atoms with van der Waals surface area (Å²) >= 11 is 0. The lowest BCUT2D eigenvalue weighted by molar-refractivity contribution is -0.385. The maximum Gasteiger partial charge on any atom is 0.277 e. The first kappa shape index (κ1) is 22.0. The second kappa shape index (κ2) is 9.39. The fraction of sp³-hybridized carbons (Fsp3) is 0.350. The molecule has 1 heterocycles. The first-order valence-electron chi connectivity index (χ1n) is 9.49. The second-order valence-corrected chi connectivity index (χ2v) is 6.97. The molecular formula is C20H22N4O7. The molecule has 1 saturated heterocycles. The van der Waals surface area contributed by atoms with Crippen LogP contribution in [-0.2, 0) is 6.54 Å². The molecule has 1 aliphatic heterocycles. The highest BCUT2D eigenvalue weighted by Crippen LogP contribution is 2.35. The number of non-ortho nitro benzene ring substituents is 1. The molecule has 1 aliphatic rings. The van der Waals surface area contributed by atoms with Gasteiger partial charge in [0, 0.05) is 56.0 Å². The van der Waals surface area contributed by atoms with Crippen LogP contribution in [0.25, 0.3) is 0 Å². The maximum absolute atomic E-state index is 12.7. The fourth-order valence-electron chi connectivity index (χ4n) is 3.47. The van der Waals surface area contributed by atoms with Crippen LogP contribution in [0.5, 0.6) is 11.5 Å². The molecule has 2 aromatic rings. The monoisotopic (exact) mass is 430 g/mol. The van der Waals surface area contributed by atoms with E-state index in [0.717, 1.165) is 0 Å². The van der Waals surface area contributed by atoms with E-state index in [1.165, 1.54) is 44.6 Å². The van der Waals surface area contributed by atoms with E-state index in [1.54, 1.807) is 11.0 Å². The zero-order valence-electron chi connectivity index (χ0n) is 17.1. The Bertz CT molecular complexity index is 986. The van der Waals surface area contributed by atoms with E-state index in [0.29, 0.717) is 49.6 Å². The molecule has 0 aliphatic carbocycles. The highest BCUT2D eigenvalue weighted by Gasteiger charge is 2.26. The van der Waals surface area contributed by atoms with Gasteiger partial charge in [-0.15, -0.1) is 0 Å². The van der Waals surface area contributed by atoms with Gasteiger partial charge in [-0.2, -0.15) is 0 Å². The van der Waals surface area contributed by atoms with Crippen molar-refractivity contribution < 1.29 is 24.1 Å². The number of rotatable bonds is 7. The van der Waals surface area contributed by atoms with Gasteiger partial charge in [0.2, 0.25) is 0 Å². The Morgan fingerprint density at radius 3 is 2.03 bits per heavy atom. The summed E-state index contributed by atoms with van der Waals surface area (Å²) in [6.45, 7) is 2.28. The number of piperazine rings is 1. The van der Waals surface area contributed by atoms with E-state index >= 15 is 0 Å². The third-order valence-electron chi connectivity index (χ3n) is 5.16. The van der Waals surface area contributed by atoms with Crippen molar-refractivity contribution in [1.82, 2.24) is 9.80 Å². The normalized spacial score (nSPS) is 14.2. The number of hydrogen-bond donors (Lipinski definition) is 0. The number of benzene rings is 2. The van der Waals surface area contributed by atoms with Gasteiger partial charge in [-0.3, -0.25) is 29.9 Å². The summed E-state index contributed by atoms with van der Waals surface area (Å²) in [6, 6.07) is 8.45. The zero-order valence-corrected chi connectivity index (χ0v) is 17.1. The number of methoxy groups -OCH3 is 2. The molecule has 0 atom stereocenters. The predicted molar refractivity (Wildman–Crippen MR) is 110 cm³/mol. The lowest BCUT2D eigenvalue weighted by Gasteiger charge is -2.34. The molecular weight excluding hydrogens is 408 g/mol. The van der Waals surface area contributed by atoms with Crippen molar-refractivity contribution in [1.29, 1.82) is 0 Å². The number of hydrogen-bond acceptors (Lipinski definition) is 8. The van der Waals surface area contributed by atoms with E-state index in [4.69, 9.17) is 9.47 Å². The Kier molecular flexibility index (Phi) is 6.65. The number of nitrogens with zero attached hydrogens (tertiary/aromatic N) is 4. The van der Waals surface area contributed by atoms with Crippen LogP contribution < -0.4 is 9.47 Å². The number of carbonyl (C=O) groups is 1. The molecule has 11 heteroatoms.